The van der Waals surface area contributed by atoms with Crippen LogP contribution in [0.2, 0.25) is 0 Å². The summed E-state index contributed by atoms with van der Waals surface area (Å²) in [5, 5.41) is 8.56. The van der Waals surface area contributed by atoms with Crippen LogP contribution in [0.5, 0.6) is 0 Å². The van der Waals surface area contributed by atoms with E-state index in [9.17, 15) is 0 Å². The summed E-state index contributed by atoms with van der Waals surface area (Å²) in [5.41, 5.74) is 1.55. The predicted octanol–water partition coefficient (Wildman–Crippen LogP) is 3.12. The Balaban J connectivity index is 1.59. The Labute approximate surface area is 134 Å². The molecule has 122 valence electrons. The number of anilines is 1. The van der Waals surface area contributed by atoms with Crippen LogP contribution >= 0.6 is 0 Å². The highest BCUT2D eigenvalue weighted by molar-refractivity contribution is 5.38. The molecule has 4 heteroatoms. The highest BCUT2D eigenvalue weighted by atomic mass is 15.3. The van der Waals surface area contributed by atoms with Crippen molar-refractivity contribution in [3.8, 4) is 0 Å². The van der Waals surface area contributed by atoms with E-state index in [0.29, 0.717) is 5.41 Å². The van der Waals surface area contributed by atoms with Gasteiger partial charge in [-0.15, -0.1) is 5.10 Å². The second-order valence-electron chi connectivity index (χ2n) is 7.75. The quantitative estimate of drug-likeness (QED) is 0.859. The van der Waals surface area contributed by atoms with Crippen molar-refractivity contribution >= 4 is 5.82 Å². The lowest BCUT2D eigenvalue weighted by Crippen LogP contribution is -2.50. The van der Waals surface area contributed by atoms with Crippen molar-refractivity contribution in [1.82, 2.24) is 15.1 Å². The van der Waals surface area contributed by atoms with Crippen LogP contribution in [0.15, 0.2) is 12.1 Å². The number of nitrogens with zero attached hydrogens (tertiary/aromatic N) is 4. The number of hydrogen-bond donors (Lipinski definition) is 0. The SMILES string of the molecule is Cc1ccc(N2CCC3(CCCN(CC(C)C)C3)CC2)nn1. The van der Waals surface area contributed by atoms with Gasteiger partial charge in [0.15, 0.2) is 5.82 Å². The molecule has 0 aliphatic carbocycles. The van der Waals surface area contributed by atoms with Crippen molar-refractivity contribution in [2.24, 2.45) is 11.3 Å². The molecule has 1 spiro atoms. The van der Waals surface area contributed by atoms with E-state index < -0.39 is 0 Å². The summed E-state index contributed by atoms with van der Waals surface area (Å²) in [6, 6.07) is 4.18. The molecule has 2 aliphatic heterocycles. The van der Waals surface area contributed by atoms with Gasteiger partial charge in [-0.1, -0.05) is 13.8 Å². The molecule has 4 nitrogen and oxygen atoms in total. The Hall–Kier alpha value is -1.16. The van der Waals surface area contributed by atoms with E-state index in [0.717, 1.165) is 30.5 Å². The second kappa shape index (κ2) is 6.53. The van der Waals surface area contributed by atoms with Crippen molar-refractivity contribution < 1.29 is 0 Å². The normalized spacial score (nSPS) is 22.5. The van der Waals surface area contributed by atoms with Crippen LogP contribution in [0, 0.1) is 18.3 Å². The van der Waals surface area contributed by atoms with Gasteiger partial charge in [0, 0.05) is 26.2 Å². The molecule has 0 amide bonds. The third-order valence-corrected chi connectivity index (χ3v) is 5.30. The molecular formula is C18H30N4. The molecule has 0 unspecified atom stereocenters. The molecular weight excluding hydrogens is 272 g/mol. The summed E-state index contributed by atoms with van der Waals surface area (Å²) in [7, 11) is 0. The summed E-state index contributed by atoms with van der Waals surface area (Å²) >= 11 is 0. The molecule has 2 aliphatic rings. The van der Waals surface area contributed by atoms with Crippen LogP contribution in [-0.2, 0) is 0 Å². The zero-order valence-corrected chi connectivity index (χ0v) is 14.4. The minimum absolute atomic E-state index is 0.557. The summed E-state index contributed by atoms with van der Waals surface area (Å²) in [6.45, 7) is 12.8. The fraction of sp³-hybridized carbons (Fsp3) is 0.778. The molecule has 1 aromatic rings. The summed E-state index contributed by atoms with van der Waals surface area (Å²) < 4.78 is 0. The van der Waals surface area contributed by atoms with E-state index in [1.807, 2.05) is 6.92 Å². The summed E-state index contributed by atoms with van der Waals surface area (Å²) in [6.07, 6.45) is 5.39. The lowest BCUT2D eigenvalue weighted by molar-refractivity contribution is 0.0581. The smallest absolute Gasteiger partial charge is 0.151 e. The van der Waals surface area contributed by atoms with Gasteiger partial charge in [-0.25, -0.2) is 0 Å². The first kappa shape index (κ1) is 15.7. The minimum atomic E-state index is 0.557. The Bertz CT molecular complexity index is 474. The zero-order valence-electron chi connectivity index (χ0n) is 14.4. The molecule has 0 N–H and O–H groups in total. The number of aryl methyl sites for hydroxylation is 1. The van der Waals surface area contributed by atoms with Gasteiger partial charge in [0.2, 0.25) is 0 Å². The van der Waals surface area contributed by atoms with Crippen molar-refractivity contribution in [1.29, 1.82) is 0 Å². The number of aromatic nitrogens is 2. The highest BCUT2D eigenvalue weighted by Crippen LogP contribution is 2.40. The van der Waals surface area contributed by atoms with Gasteiger partial charge >= 0.3 is 0 Å². The summed E-state index contributed by atoms with van der Waals surface area (Å²) in [5.74, 6) is 1.83. The molecule has 0 radical (unpaired) electrons. The second-order valence-corrected chi connectivity index (χ2v) is 7.75. The Morgan fingerprint density at radius 2 is 1.86 bits per heavy atom. The van der Waals surface area contributed by atoms with E-state index in [2.05, 4.69) is 46.0 Å². The molecule has 22 heavy (non-hydrogen) atoms. The van der Waals surface area contributed by atoms with E-state index in [-0.39, 0.29) is 0 Å². The molecule has 2 saturated heterocycles. The maximum absolute atomic E-state index is 4.36. The third kappa shape index (κ3) is 3.60. The van der Waals surface area contributed by atoms with Gasteiger partial charge in [-0.05, 0) is 62.6 Å². The number of hydrogen-bond acceptors (Lipinski definition) is 4. The van der Waals surface area contributed by atoms with Gasteiger partial charge in [0.1, 0.15) is 0 Å². The Kier molecular flexibility index (Phi) is 4.67. The van der Waals surface area contributed by atoms with E-state index in [1.165, 1.54) is 45.3 Å². The summed E-state index contributed by atoms with van der Waals surface area (Å²) in [4.78, 5) is 5.12. The highest BCUT2D eigenvalue weighted by Gasteiger charge is 2.38. The first-order valence-corrected chi connectivity index (χ1v) is 8.84. The average Bonchev–Trinajstić information content (AvgIpc) is 2.49. The maximum Gasteiger partial charge on any atom is 0.151 e. The fourth-order valence-corrected chi connectivity index (χ4v) is 4.16. The molecule has 0 saturated carbocycles. The van der Waals surface area contributed by atoms with Gasteiger partial charge in [0.05, 0.1) is 5.69 Å². The molecule has 1 aromatic heterocycles. The van der Waals surface area contributed by atoms with Crippen LogP contribution in [0.25, 0.3) is 0 Å². The van der Waals surface area contributed by atoms with Gasteiger partial charge in [-0.3, -0.25) is 0 Å². The lowest BCUT2D eigenvalue weighted by atomic mass is 9.72. The van der Waals surface area contributed by atoms with Crippen LogP contribution in [0.1, 0.15) is 45.2 Å². The zero-order chi connectivity index (χ0) is 15.6. The molecule has 2 fully saturated rings. The molecule has 0 aromatic carbocycles. The van der Waals surface area contributed by atoms with E-state index in [4.69, 9.17) is 0 Å². The van der Waals surface area contributed by atoms with Gasteiger partial charge in [-0.2, -0.15) is 5.10 Å². The number of likely N-dealkylation sites (tertiary alicyclic amines) is 1. The van der Waals surface area contributed by atoms with Gasteiger partial charge in [0.25, 0.3) is 0 Å². The minimum Gasteiger partial charge on any atom is -0.355 e. The number of piperidine rings is 2. The Morgan fingerprint density at radius 3 is 2.50 bits per heavy atom. The van der Waals surface area contributed by atoms with E-state index in [1.54, 1.807) is 0 Å². The molecule has 0 bridgehead atoms. The van der Waals surface area contributed by atoms with Crippen molar-refractivity contribution in [2.75, 3.05) is 37.6 Å². The van der Waals surface area contributed by atoms with Crippen molar-refractivity contribution in [2.45, 2.75) is 46.5 Å². The van der Waals surface area contributed by atoms with Crippen LogP contribution in [0.4, 0.5) is 5.82 Å². The van der Waals surface area contributed by atoms with Crippen LogP contribution in [0.3, 0.4) is 0 Å². The van der Waals surface area contributed by atoms with Crippen molar-refractivity contribution in [3.05, 3.63) is 17.8 Å². The van der Waals surface area contributed by atoms with E-state index >= 15 is 0 Å². The standard InChI is InChI=1S/C18H30N4/c1-15(2)13-21-10-4-7-18(14-21)8-11-22(12-9-18)17-6-5-16(3)19-20-17/h5-6,15H,4,7-14H2,1-3H3. The van der Waals surface area contributed by atoms with Crippen molar-refractivity contribution in [3.63, 3.8) is 0 Å². The van der Waals surface area contributed by atoms with Gasteiger partial charge < -0.3 is 9.80 Å². The first-order valence-electron chi connectivity index (χ1n) is 8.84. The molecule has 0 atom stereocenters. The molecule has 3 rings (SSSR count). The maximum atomic E-state index is 4.36. The largest absolute Gasteiger partial charge is 0.355 e. The average molecular weight is 302 g/mol. The monoisotopic (exact) mass is 302 g/mol. The van der Waals surface area contributed by atoms with Crippen LogP contribution < -0.4 is 4.90 Å². The first-order chi connectivity index (χ1) is 10.6. The topological polar surface area (TPSA) is 32.3 Å². The fourth-order valence-electron chi connectivity index (χ4n) is 4.16. The Morgan fingerprint density at radius 1 is 1.09 bits per heavy atom. The number of rotatable bonds is 3. The predicted molar refractivity (Wildman–Crippen MR) is 91.2 cm³/mol. The molecule has 3 heterocycles. The third-order valence-electron chi connectivity index (χ3n) is 5.30. The van der Waals surface area contributed by atoms with Crippen LogP contribution in [-0.4, -0.2) is 47.8 Å². The lowest BCUT2D eigenvalue weighted by Gasteiger charge is -2.48.